The zero-order valence-electron chi connectivity index (χ0n) is 9.45. The van der Waals surface area contributed by atoms with Gasteiger partial charge in [-0.25, -0.2) is 0 Å². The van der Waals surface area contributed by atoms with Crippen molar-refractivity contribution < 1.29 is 5.11 Å². The molecule has 0 heterocycles. The fourth-order valence-corrected chi connectivity index (χ4v) is 2.34. The molecule has 0 aromatic heterocycles. The smallest absolute Gasteiger partial charge is 0.0632 e. The third-order valence-corrected chi connectivity index (χ3v) is 3.74. The molecule has 4 heteroatoms. The van der Waals surface area contributed by atoms with Crippen LogP contribution in [-0.4, -0.2) is 29.8 Å². The van der Waals surface area contributed by atoms with Gasteiger partial charge in [-0.3, -0.25) is 0 Å². The Balaban J connectivity index is 2.46. The Morgan fingerprint density at radius 2 is 2.19 bits per heavy atom. The third-order valence-electron chi connectivity index (χ3n) is 2.35. The first-order valence-electron chi connectivity index (χ1n) is 5.38. The van der Waals surface area contributed by atoms with E-state index in [1.807, 2.05) is 36.0 Å². The zero-order valence-corrected chi connectivity index (χ0v) is 11.9. The van der Waals surface area contributed by atoms with Crippen LogP contribution in [0.25, 0.3) is 0 Å². The lowest BCUT2D eigenvalue weighted by Crippen LogP contribution is -2.24. The van der Waals surface area contributed by atoms with Gasteiger partial charge in [-0.05, 0) is 52.9 Å². The number of hydrogen-bond donors (Lipinski definition) is 2. The van der Waals surface area contributed by atoms with Crippen LogP contribution in [0.2, 0.25) is 0 Å². The average molecular weight is 304 g/mol. The van der Waals surface area contributed by atoms with Crippen molar-refractivity contribution in [1.82, 2.24) is 0 Å². The second kappa shape index (κ2) is 7.98. The summed E-state index contributed by atoms with van der Waals surface area (Å²) in [6.07, 6.45) is 4.23. The van der Waals surface area contributed by atoms with Crippen LogP contribution in [0, 0.1) is 0 Å². The van der Waals surface area contributed by atoms with E-state index in [-0.39, 0.29) is 12.6 Å². The van der Waals surface area contributed by atoms with Gasteiger partial charge in [-0.1, -0.05) is 12.1 Å². The fraction of sp³-hybridized carbons (Fsp3) is 0.500. The Labute approximate surface area is 110 Å². The van der Waals surface area contributed by atoms with Gasteiger partial charge in [-0.15, -0.1) is 0 Å². The molecule has 2 nitrogen and oxygen atoms in total. The van der Waals surface area contributed by atoms with Gasteiger partial charge >= 0.3 is 0 Å². The maximum Gasteiger partial charge on any atom is 0.0632 e. The molecule has 1 aromatic carbocycles. The van der Waals surface area contributed by atoms with Gasteiger partial charge < -0.3 is 10.4 Å². The number of aliphatic hydroxyl groups is 1. The number of benzene rings is 1. The van der Waals surface area contributed by atoms with Crippen molar-refractivity contribution in [2.24, 2.45) is 0 Å². The number of nitrogens with one attached hydrogen (secondary N) is 1. The molecular formula is C12H18BrNOS. The highest BCUT2D eigenvalue weighted by molar-refractivity contribution is 9.10. The summed E-state index contributed by atoms with van der Waals surface area (Å²) in [5.74, 6) is 1.15. The lowest BCUT2D eigenvalue weighted by Gasteiger charge is -2.18. The molecule has 0 aliphatic rings. The molecule has 0 spiro atoms. The summed E-state index contributed by atoms with van der Waals surface area (Å²) < 4.78 is 1.04. The van der Waals surface area contributed by atoms with Crippen molar-refractivity contribution in [3.8, 4) is 0 Å². The molecule has 16 heavy (non-hydrogen) atoms. The van der Waals surface area contributed by atoms with E-state index in [2.05, 4.69) is 27.5 Å². The number of thioether (sulfide) groups is 1. The maximum atomic E-state index is 9.29. The normalized spacial score (nSPS) is 12.4. The summed E-state index contributed by atoms with van der Waals surface area (Å²) in [6, 6.07) is 8.13. The Bertz CT molecular complexity index is 309. The van der Waals surface area contributed by atoms with Crippen LogP contribution in [0.5, 0.6) is 0 Å². The highest BCUT2D eigenvalue weighted by Crippen LogP contribution is 2.22. The molecule has 1 unspecified atom stereocenters. The molecule has 90 valence electrons. The highest BCUT2D eigenvalue weighted by Gasteiger charge is 2.08. The highest BCUT2D eigenvalue weighted by atomic mass is 79.9. The summed E-state index contributed by atoms with van der Waals surface area (Å²) in [5, 5.41) is 12.6. The molecule has 1 rings (SSSR count). The van der Waals surface area contributed by atoms with Crippen LogP contribution in [0.15, 0.2) is 28.7 Å². The van der Waals surface area contributed by atoms with Crippen LogP contribution in [-0.2, 0) is 0 Å². The minimum Gasteiger partial charge on any atom is -0.394 e. The largest absolute Gasteiger partial charge is 0.394 e. The van der Waals surface area contributed by atoms with E-state index in [4.69, 9.17) is 0 Å². The predicted octanol–water partition coefficient (Wildman–Crippen LogP) is 3.37. The molecule has 0 aliphatic heterocycles. The fourth-order valence-electron chi connectivity index (χ4n) is 1.48. The van der Waals surface area contributed by atoms with E-state index in [9.17, 15) is 5.11 Å². The molecule has 0 aliphatic carbocycles. The second-order valence-corrected chi connectivity index (χ2v) is 5.48. The summed E-state index contributed by atoms with van der Waals surface area (Å²) in [7, 11) is 0. The first kappa shape index (κ1) is 13.9. The van der Waals surface area contributed by atoms with Crippen molar-refractivity contribution in [2.45, 2.75) is 18.9 Å². The average Bonchev–Trinajstić information content (AvgIpc) is 2.30. The van der Waals surface area contributed by atoms with Crippen LogP contribution >= 0.6 is 27.7 Å². The van der Waals surface area contributed by atoms with E-state index in [1.165, 1.54) is 0 Å². The first-order valence-corrected chi connectivity index (χ1v) is 7.57. The van der Waals surface area contributed by atoms with Crippen molar-refractivity contribution in [1.29, 1.82) is 0 Å². The molecule has 0 amide bonds. The quantitative estimate of drug-likeness (QED) is 0.758. The van der Waals surface area contributed by atoms with Crippen molar-refractivity contribution >= 4 is 33.4 Å². The van der Waals surface area contributed by atoms with Crippen molar-refractivity contribution in [3.05, 3.63) is 28.7 Å². The molecule has 0 saturated carbocycles. The van der Waals surface area contributed by atoms with Gasteiger partial charge in [0, 0.05) is 16.2 Å². The zero-order chi connectivity index (χ0) is 11.8. The summed E-state index contributed by atoms with van der Waals surface area (Å²) in [6.45, 7) is 0.176. The Kier molecular flexibility index (Phi) is 6.92. The topological polar surface area (TPSA) is 32.3 Å². The van der Waals surface area contributed by atoms with Crippen LogP contribution in [0.3, 0.4) is 0 Å². The summed E-state index contributed by atoms with van der Waals surface area (Å²) >= 11 is 5.33. The molecule has 1 aromatic rings. The minimum absolute atomic E-state index is 0.144. The molecule has 0 bridgehead atoms. The number of hydrogen-bond acceptors (Lipinski definition) is 3. The predicted molar refractivity (Wildman–Crippen MR) is 76.3 cm³/mol. The number of rotatable bonds is 7. The molecule has 0 radical (unpaired) electrons. The number of aliphatic hydroxyl groups excluding tert-OH is 1. The summed E-state index contributed by atoms with van der Waals surface area (Å²) in [5.41, 5.74) is 1.05. The van der Waals surface area contributed by atoms with Gasteiger partial charge in [0.05, 0.1) is 6.61 Å². The number of halogens is 1. The van der Waals surface area contributed by atoms with Crippen LogP contribution in [0.4, 0.5) is 5.69 Å². The third kappa shape index (κ3) is 4.76. The lowest BCUT2D eigenvalue weighted by molar-refractivity contribution is 0.268. The Morgan fingerprint density at radius 1 is 1.44 bits per heavy atom. The lowest BCUT2D eigenvalue weighted by atomic mass is 10.1. The van der Waals surface area contributed by atoms with E-state index in [0.717, 1.165) is 28.8 Å². The van der Waals surface area contributed by atoms with Gasteiger partial charge in [0.1, 0.15) is 0 Å². The molecule has 1 atom stereocenters. The monoisotopic (exact) mass is 303 g/mol. The maximum absolute atomic E-state index is 9.29. The van der Waals surface area contributed by atoms with Crippen LogP contribution in [0.1, 0.15) is 12.8 Å². The van der Waals surface area contributed by atoms with Crippen LogP contribution < -0.4 is 5.32 Å². The van der Waals surface area contributed by atoms with E-state index in [0.29, 0.717) is 0 Å². The van der Waals surface area contributed by atoms with Gasteiger partial charge in [0.2, 0.25) is 0 Å². The minimum atomic E-state index is 0.144. The van der Waals surface area contributed by atoms with Gasteiger partial charge in [0.25, 0.3) is 0 Å². The number of para-hydroxylation sites is 1. The van der Waals surface area contributed by atoms with Gasteiger partial charge in [-0.2, -0.15) is 11.8 Å². The molecule has 0 saturated heterocycles. The van der Waals surface area contributed by atoms with Gasteiger partial charge in [0.15, 0.2) is 0 Å². The molecular weight excluding hydrogens is 286 g/mol. The van der Waals surface area contributed by atoms with E-state index in [1.54, 1.807) is 0 Å². The SMILES string of the molecule is CSCCCC(CO)Nc1ccccc1Br. The van der Waals surface area contributed by atoms with E-state index < -0.39 is 0 Å². The number of anilines is 1. The van der Waals surface area contributed by atoms with Crippen molar-refractivity contribution in [2.75, 3.05) is 23.9 Å². The molecule has 2 N–H and O–H groups in total. The first-order chi connectivity index (χ1) is 7.77. The Hall–Kier alpha value is -0.190. The second-order valence-electron chi connectivity index (χ2n) is 3.64. The van der Waals surface area contributed by atoms with E-state index >= 15 is 0 Å². The standard InChI is InChI=1S/C12H18BrNOS/c1-16-8-4-5-10(9-15)14-12-7-3-2-6-11(12)13/h2-3,6-7,10,14-15H,4-5,8-9H2,1H3. The summed E-state index contributed by atoms with van der Waals surface area (Å²) in [4.78, 5) is 0. The Morgan fingerprint density at radius 3 is 2.81 bits per heavy atom. The van der Waals surface area contributed by atoms with Crippen molar-refractivity contribution in [3.63, 3.8) is 0 Å². The molecule has 0 fully saturated rings.